The lowest BCUT2D eigenvalue weighted by molar-refractivity contribution is -0.134. The van der Waals surface area contributed by atoms with Crippen LogP contribution in [0.15, 0.2) is 33.9 Å². The standard InChI is InChI=1S/C85H153N9O22S/c1-26-80(13,14)72(100)90-58-84(21,22)114-62-78(9,10)56-88-68(97)51-82(17,18)112-60-76(5,6)54-86-66(95)31-35-104-39-43-108-47-49-110-45-41-106-37-33-94(71(99)65-29-27-64(28-30-65)70-92-93-74(116-70)117(25,102)103)34-38-107-42-46-111-50-48-109-44-40-105-36-32-67(96)87-55-77(7,8)61-113-83(19,20)52-69(98)89-57-79(11,12)63-115-85(23,24)59-91-73(101)81(15,16)53-75(2,3)4/h27-30H,26,31-63H2,1-25H3,(H,86,95)(H,87,96)(H,88,97)(H,89,98)(H,90,100)(H,91,101). The van der Waals surface area contributed by atoms with Crippen molar-refractivity contribution in [3.63, 3.8) is 0 Å². The van der Waals surface area contributed by atoms with E-state index < -0.39 is 59.1 Å². The topological polar surface area (TPSA) is 379 Å². The monoisotopic (exact) mass is 1680 g/mol. The quantitative estimate of drug-likeness (QED) is 0.0336. The molecule has 2 rings (SSSR count). The summed E-state index contributed by atoms with van der Waals surface area (Å²) < 4.78 is 99.7. The van der Waals surface area contributed by atoms with Gasteiger partial charge in [-0.3, -0.25) is 33.6 Å². The van der Waals surface area contributed by atoms with E-state index in [-0.39, 0.29) is 155 Å². The molecule has 117 heavy (non-hydrogen) atoms. The number of amides is 7. The van der Waals surface area contributed by atoms with E-state index in [0.717, 1.165) is 19.1 Å². The number of ether oxygens (including phenoxy) is 12. The zero-order valence-corrected chi connectivity index (χ0v) is 76.9. The fourth-order valence-electron chi connectivity index (χ4n) is 11.0. The first-order valence-corrected chi connectivity index (χ1v) is 43.1. The van der Waals surface area contributed by atoms with E-state index >= 15 is 0 Å². The van der Waals surface area contributed by atoms with Gasteiger partial charge in [-0.15, -0.1) is 5.10 Å². The van der Waals surface area contributed by atoms with Crippen LogP contribution >= 0.6 is 0 Å². The number of hydrogen-bond acceptors (Lipinski definition) is 24. The Morgan fingerprint density at radius 1 is 0.385 bits per heavy atom. The third kappa shape index (κ3) is 50.2. The molecule has 1 aromatic heterocycles. The van der Waals surface area contributed by atoms with Crippen molar-refractivity contribution in [1.29, 1.82) is 0 Å². The first-order chi connectivity index (χ1) is 54.0. The molecular weight excluding hydrogens is 1530 g/mol. The van der Waals surface area contributed by atoms with Gasteiger partial charge in [0.1, 0.15) is 0 Å². The Labute approximate surface area is 700 Å². The van der Waals surface area contributed by atoms with Crippen LogP contribution in [0.5, 0.6) is 0 Å². The molecule has 7 amide bonds. The van der Waals surface area contributed by atoms with Gasteiger partial charge in [0.05, 0.1) is 167 Å². The minimum atomic E-state index is -3.72. The molecule has 32 heteroatoms. The van der Waals surface area contributed by atoms with Crippen molar-refractivity contribution in [2.75, 3.05) is 191 Å². The van der Waals surface area contributed by atoms with E-state index in [0.29, 0.717) is 130 Å². The lowest BCUT2D eigenvalue weighted by Crippen LogP contribution is -2.48. The van der Waals surface area contributed by atoms with Gasteiger partial charge in [0, 0.05) is 115 Å². The second-order valence-electron chi connectivity index (χ2n) is 38.4. The summed E-state index contributed by atoms with van der Waals surface area (Å²) in [4.78, 5) is 92.7. The van der Waals surface area contributed by atoms with Crippen molar-refractivity contribution in [2.45, 2.75) is 232 Å². The van der Waals surface area contributed by atoms with Crippen LogP contribution in [-0.2, 0) is 95.4 Å². The van der Waals surface area contributed by atoms with Crippen molar-refractivity contribution >= 4 is 51.2 Å². The van der Waals surface area contributed by atoms with Crippen molar-refractivity contribution < 1.29 is 103 Å². The minimum absolute atomic E-state index is 0.00592. The van der Waals surface area contributed by atoms with Crippen molar-refractivity contribution in [3.05, 3.63) is 29.8 Å². The van der Waals surface area contributed by atoms with Crippen LogP contribution in [-0.4, -0.2) is 278 Å². The third-order valence-electron chi connectivity index (χ3n) is 18.7. The minimum Gasteiger partial charge on any atom is -0.408 e. The smallest absolute Gasteiger partial charge is 0.335 e. The van der Waals surface area contributed by atoms with E-state index in [9.17, 15) is 42.0 Å². The molecule has 0 aliphatic rings. The van der Waals surface area contributed by atoms with E-state index in [1.54, 1.807) is 29.2 Å². The van der Waals surface area contributed by atoms with E-state index in [1.165, 1.54) is 0 Å². The van der Waals surface area contributed by atoms with Gasteiger partial charge in [0.15, 0.2) is 0 Å². The fourth-order valence-corrected chi connectivity index (χ4v) is 11.4. The average molecular weight is 1690 g/mol. The Morgan fingerprint density at radius 3 is 1.01 bits per heavy atom. The molecule has 0 spiro atoms. The van der Waals surface area contributed by atoms with E-state index in [4.69, 9.17) is 61.3 Å². The summed E-state index contributed by atoms with van der Waals surface area (Å²) in [6.45, 7) is 55.9. The molecule has 0 aliphatic carbocycles. The Kier molecular flexibility index (Phi) is 46.3. The van der Waals surface area contributed by atoms with Crippen LogP contribution < -0.4 is 31.9 Å². The molecule has 676 valence electrons. The van der Waals surface area contributed by atoms with Gasteiger partial charge in [0.2, 0.25) is 51.2 Å². The maximum absolute atomic E-state index is 13.8. The molecule has 0 bridgehead atoms. The second kappa shape index (κ2) is 50.5. The van der Waals surface area contributed by atoms with Gasteiger partial charge in [0.25, 0.3) is 5.91 Å². The molecular formula is C85H153N9O22S. The molecule has 0 fully saturated rings. The summed E-state index contributed by atoms with van der Waals surface area (Å²) in [7, 11) is -3.72. The van der Waals surface area contributed by atoms with Crippen molar-refractivity contribution in [1.82, 2.24) is 47.0 Å². The molecule has 6 N–H and O–H groups in total. The lowest BCUT2D eigenvalue weighted by Gasteiger charge is -2.35. The molecule has 0 aliphatic heterocycles. The number of sulfone groups is 1. The number of carbonyl (C=O) groups is 7. The second-order valence-corrected chi connectivity index (χ2v) is 40.3. The van der Waals surface area contributed by atoms with Crippen molar-refractivity contribution in [2.24, 2.45) is 37.9 Å². The molecule has 1 aromatic carbocycles. The molecule has 0 saturated carbocycles. The van der Waals surface area contributed by atoms with Crippen molar-refractivity contribution in [3.8, 4) is 11.5 Å². The Balaban J connectivity index is 1.64. The zero-order valence-electron chi connectivity index (χ0n) is 76.1. The third-order valence-corrected chi connectivity index (χ3v) is 19.5. The fraction of sp³-hybridized carbons (Fsp3) is 0.824. The predicted octanol–water partition coefficient (Wildman–Crippen LogP) is 9.16. The number of nitrogens with zero attached hydrogens (tertiary/aromatic N) is 3. The molecule has 0 unspecified atom stereocenters. The normalized spacial score (nSPS) is 13.2. The zero-order chi connectivity index (χ0) is 88.6. The molecule has 0 saturated heterocycles. The summed E-state index contributed by atoms with van der Waals surface area (Å²) >= 11 is 0. The van der Waals surface area contributed by atoms with E-state index in [2.05, 4.69) is 62.9 Å². The molecule has 31 nitrogen and oxygen atoms in total. The first-order valence-electron chi connectivity index (χ1n) is 41.2. The lowest BCUT2D eigenvalue weighted by atomic mass is 9.75. The SMILES string of the molecule is CCC(C)(C)C(=O)NCC(C)(C)OCC(C)(C)CNC(=O)CC(C)(C)OCC(C)(C)CNC(=O)CCOCCOCCOCCOCCN(CCOCCOCCOCCOCCC(=O)NCC(C)(C)COC(C)(C)CC(=O)NCC(C)(C)COC(C)(C)CNC(=O)C(C)(C)CC(C)(C)C)C(=O)c1ccc(-c2nnc(S(C)(=O)=O)o2)cc1. The van der Waals surface area contributed by atoms with Gasteiger partial charge in [-0.05, 0) is 97.9 Å². The number of aromatic nitrogens is 2. The van der Waals surface area contributed by atoms with Gasteiger partial charge in [-0.2, -0.15) is 0 Å². The van der Waals surface area contributed by atoms with Crippen LogP contribution in [0.4, 0.5) is 0 Å². The van der Waals surface area contributed by atoms with Crippen LogP contribution in [0.2, 0.25) is 0 Å². The summed E-state index contributed by atoms with van der Waals surface area (Å²) in [6, 6.07) is 6.35. The number of rotatable bonds is 65. The predicted molar refractivity (Wildman–Crippen MR) is 449 cm³/mol. The number of carbonyl (C=O) groups excluding carboxylic acids is 7. The highest BCUT2D eigenvalue weighted by molar-refractivity contribution is 7.90. The van der Waals surface area contributed by atoms with Crippen LogP contribution in [0, 0.1) is 37.9 Å². The Bertz CT molecular complexity index is 3380. The summed E-state index contributed by atoms with van der Waals surface area (Å²) in [5.74, 6) is -0.939. The molecule has 2 aromatic rings. The van der Waals surface area contributed by atoms with E-state index in [1.807, 2.05) is 145 Å². The summed E-state index contributed by atoms with van der Waals surface area (Å²) in [5.41, 5.74) is -4.48. The van der Waals surface area contributed by atoms with Crippen LogP contribution in [0.1, 0.15) is 215 Å². The molecule has 0 atom stereocenters. The van der Waals surface area contributed by atoms with Gasteiger partial charge >= 0.3 is 5.22 Å². The van der Waals surface area contributed by atoms with Gasteiger partial charge < -0.3 is 98.1 Å². The highest BCUT2D eigenvalue weighted by Gasteiger charge is 2.37. The van der Waals surface area contributed by atoms with Gasteiger partial charge in [-0.25, -0.2) is 8.42 Å². The Morgan fingerprint density at radius 2 is 0.692 bits per heavy atom. The first kappa shape index (κ1) is 107. The van der Waals surface area contributed by atoms with Crippen LogP contribution in [0.25, 0.3) is 11.5 Å². The highest BCUT2D eigenvalue weighted by Crippen LogP contribution is 2.34. The maximum Gasteiger partial charge on any atom is 0.335 e. The summed E-state index contributed by atoms with van der Waals surface area (Å²) in [6.07, 6.45) is 3.07. The maximum atomic E-state index is 13.8. The number of hydrogen-bond donors (Lipinski definition) is 6. The summed E-state index contributed by atoms with van der Waals surface area (Å²) in [5, 5.41) is 25.0. The highest BCUT2D eigenvalue weighted by atomic mass is 32.2. The van der Waals surface area contributed by atoms with Gasteiger partial charge in [-0.1, -0.05) is 116 Å². The average Bonchev–Trinajstić information content (AvgIpc) is 1.70. The molecule has 1 heterocycles. The Hall–Kier alpha value is -5.88. The van der Waals surface area contributed by atoms with Crippen LogP contribution in [0.3, 0.4) is 0 Å². The molecule has 0 radical (unpaired) electrons. The largest absolute Gasteiger partial charge is 0.408 e. The number of nitrogens with one attached hydrogen (secondary N) is 6. The number of benzene rings is 1.